The van der Waals surface area contributed by atoms with Crippen molar-refractivity contribution >= 4 is 29.3 Å². The summed E-state index contributed by atoms with van der Waals surface area (Å²) in [6, 6.07) is 13.6. The number of carbonyl (C=O) groups is 1. The fraction of sp³-hybridized carbons (Fsp3) is 0.240. The highest BCUT2D eigenvalue weighted by atomic mass is 35.5. The maximum atomic E-state index is 13.1. The number of thioether (sulfide) groups is 1. The van der Waals surface area contributed by atoms with E-state index in [4.69, 9.17) is 11.6 Å². The van der Waals surface area contributed by atoms with E-state index >= 15 is 0 Å². The third kappa shape index (κ3) is 6.30. The van der Waals surface area contributed by atoms with Crippen molar-refractivity contribution in [2.45, 2.75) is 36.5 Å². The Kier molecular flexibility index (Phi) is 7.75. The third-order valence-corrected chi connectivity index (χ3v) is 6.60. The molecule has 0 spiro atoms. The topological polar surface area (TPSA) is 64.7 Å². The van der Waals surface area contributed by atoms with Crippen LogP contribution in [0.15, 0.2) is 72.1 Å². The zero-order valence-electron chi connectivity index (χ0n) is 19.5. The first-order valence-corrected chi connectivity index (χ1v) is 12.4. The van der Waals surface area contributed by atoms with Crippen molar-refractivity contribution < 1.29 is 18.0 Å². The summed E-state index contributed by atoms with van der Waals surface area (Å²) in [6.07, 6.45) is -0.452. The maximum absolute atomic E-state index is 13.1. The molecule has 0 fully saturated rings. The molecule has 36 heavy (non-hydrogen) atoms. The molecule has 1 amide bonds. The highest BCUT2D eigenvalue weighted by Crippen LogP contribution is 2.32. The average molecular weight is 534 g/mol. The van der Waals surface area contributed by atoms with Crippen LogP contribution < -0.4 is 5.32 Å². The van der Waals surface area contributed by atoms with E-state index in [9.17, 15) is 18.0 Å². The summed E-state index contributed by atoms with van der Waals surface area (Å²) in [5, 5.41) is 12.5. The SMILES string of the molecule is CC(NC(=O)Cc1ccn(C)c1)c1nnc(SCc2cccc(C(F)(F)F)c2)n1-c1cccc(Cl)c1. The van der Waals surface area contributed by atoms with Crippen molar-refractivity contribution in [1.82, 2.24) is 24.6 Å². The highest BCUT2D eigenvalue weighted by Gasteiger charge is 2.30. The first-order chi connectivity index (χ1) is 17.1. The number of aryl methyl sites for hydroxylation is 1. The lowest BCUT2D eigenvalue weighted by Gasteiger charge is -2.16. The molecular formula is C25H23ClF3N5OS. The maximum Gasteiger partial charge on any atom is 0.416 e. The number of nitrogens with one attached hydrogen (secondary N) is 1. The van der Waals surface area contributed by atoms with E-state index in [1.54, 1.807) is 35.8 Å². The fourth-order valence-electron chi connectivity index (χ4n) is 3.71. The molecule has 0 aliphatic carbocycles. The molecule has 4 aromatic rings. The Balaban J connectivity index is 1.58. The van der Waals surface area contributed by atoms with Gasteiger partial charge in [-0.3, -0.25) is 9.36 Å². The predicted molar refractivity (Wildman–Crippen MR) is 133 cm³/mol. The number of hydrogen-bond donors (Lipinski definition) is 1. The summed E-state index contributed by atoms with van der Waals surface area (Å²) in [4.78, 5) is 12.6. The molecule has 0 radical (unpaired) electrons. The van der Waals surface area contributed by atoms with Gasteiger partial charge in [-0.1, -0.05) is 47.6 Å². The Hall–Kier alpha value is -3.24. The minimum atomic E-state index is -4.41. The molecule has 6 nitrogen and oxygen atoms in total. The zero-order valence-corrected chi connectivity index (χ0v) is 21.0. The molecule has 11 heteroatoms. The van der Waals surface area contributed by atoms with Gasteiger partial charge in [0.15, 0.2) is 11.0 Å². The largest absolute Gasteiger partial charge is 0.416 e. The normalized spacial score (nSPS) is 12.5. The fourth-order valence-corrected chi connectivity index (χ4v) is 4.79. The van der Waals surface area contributed by atoms with Crippen LogP contribution in [0, 0.1) is 0 Å². The lowest BCUT2D eigenvalue weighted by molar-refractivity contribution is -0.137. The monoisotopic (exact) mass is 533 g/mol. The minimum Gasteiger partial charge on any atom is -0.357 e. The summed E-state index contributed by atoms with van der Waals surface area (Å²) in [5.41, 5.74) is 1.36. The van der Waals surface area contributed by atoms with Gasteiger partial charge in [0.2, 0.25) is 5.91 Å². The standard InChI is InChI=1S/C25H23ClF3N5OS/c1-16(30-22(35)12-17-9-10-33(2)14-17)23-31-32-24(34(23)21-8-4-7-20(26)13-21)36-15-18-5-3-6-19(11-18)25(27,28)29/h3-11,13-14,16H,12,15H2,1-2H3,(H,30,35). The number of rotatable bonds is 8. The van der Waals surface area contributed by atoms with Gasteiger partial charge in [-0.15, -0.1) is 10.2 Å². The van der Waals surface area contributed by atoms with Gasteiger partial charge in [0.05, 0.1) is 23.7 Å². The Morgan fingerprint density at radius 1 is 1.11 bits per heavy atom. The van der Waals surface area contributed by atoms with E-state index in [-0.39, 0.29) is 18.1 Å². The number of halogens is 4. The van der Waals surface area contributed by atoms with Crippen LogP contribution in [0.5, 0.6) is 0 Å². The number of aromatic nitrogens is 4. The van der Waals surface area contributed by atoms with Crippen molar-refractivity contribution in [2.24, 2.45) is 7.05 Å². The summed E-state index contributed by atoms with van der Waals surface area (Å²) < 4.78 is 43.0. The summed E-state index contributed by atoms with van der Waals surface area (Å²) in [5.74, 6) is 0.551. The molecule has 0 aliphatic rings. The lowest BCUT2D eigenvalue weighted by Crippen LogP contribution is -2.29. The number of hydrogen-bond acceptors (Lipinski definition) is 4. The number of alkyl halides is 3. The van der Waals surface area contributed by atoms with Crippen molar-refractivity contribution in [2.75, 3.05) is 0 Å². The van der Waals surface area contributed by atoms with Crippen molar-refractivity contribution in [3.05, 3.63) is 94.5 Å². The Morgan fingerprint density at radius 3 is 2.58 bits per heavy atom. The average Bonchev–Trinajstić information content (AvgIpc) is 3.43. The van der Waals surface area contributed by atoms with Crippen LogP contribution in [0.4, 0.5) is 13.2 Å². The molecule has 1 atom stereocenters. The zero-order chi connectivity index (χ0) is 25.9. The van der Waals surface area contributed by atoms with Gasteiger partial charge in [-0.05, 0) is 48.4 Å². The van der Waals surface area contributed by atoms with Gasteiger partial charge in [0.1, 0.15) is 0 Å². The predicted octanol–water partition coefficient (Wildman–Crippen LogP) is 5.99. The number of carbonyl (C=O) groups excluding carboxylic acids is 1. The van der Waals surface area contributed by atoms with Crippen LogP contribution in [0.3, 0.4) is 0 Å². The van der Waals surface area contributed by atoms with Crippen LogP contribution in [-0.4, -0.2) is 25.2 Å². The second-order valence-corrected chi connectivity index (χ2v) is 9.67. The lowest BCUT2D eigenvalue weighted by atomic mass is 10.1. The third-order valence-electron chi connectivity index (χ3n) is 5.37. The number of amides is 1. The van der Waals surface area contributed by atoms with Gasteiger partial charge in [-0.2, -0.15) is 13.2 Å². The minimum absolute atomic E-state index is 0.174. The van der Waals surface area contributed by atoms with Crippen LogP contribution in [0.1, 0.15) is 35.5 Å². The van der Waals surface area contributed by atoms with E-state index < -0.39 is 17.8 Å². The van der Waals surface area contributed by atoms with E-state index in [1.165, 1.54) is 17.8 Å². The second-order valence-electron chi connectivity index (χ2n) is 8.29. The Morgan fingerprint density at radius 2 is 1.89 bits per heavy atom. The van der Waals surface area contributed by atoms with Gasteiger partial charge >= 0.3 is 6.18 Å². The van der Waals surface area contributed by atoms with Crippen LogP contribution in [-0.2, 0) is 30.2 Å². The Bertz CT molecular complexity index is 1370. The molecule has 0 saturated heterocycles. The molecule has 0 bridgehead atoms. The van der Waals surface area contributed by atoms with Crippen LogP contribution >= 0.6 is 23.4 Å². The van der Waals surface area contributed by atoms with Crippen molar-refractivity contribution in [3.8, 4) is 5.69 Å². The van der Waals surface area contributed by atoms with Gasteiger partial charge in [0.25, 0.3) is 0 Å². The first kappa shape index (κ1) is 25.8. The van der Waals surface area contributed by atoms with E-state index in [0.717, 1.165) is 17.7 Å². The van der Waals surface area contributed by atoms with Gasteiger partial charge in [0, 0.05) is 30.2 Å². The highest BCUT2D eigenvalue weighted by molar-refractivity contribution is 7.98. The van der Waals surface area contributed by atoms with Gasteiger partial charge < -0.3 is 9.88 Å². The second kappa shape index (κ2) is 10.8. The summed E-state index contributed by atoms with van der Waals surface area (Å²) in [6.45, 7) is 1.80. The van der Waals surface area contributed by atoms with E-state index in [2.05, 4.69) is 15.5 Å². The smallest absolute Gasteiger partial charge is 0.357 e. The van der Waals surface area contributed by atoms with E-state index in [1.807, 2.05) is 36.1 Å². The molecular weight excluding hydrogens is 511 g/mol. The molecule has 4 rings (SSSR count). The Labute approximate surface area is 215 Å². The van der Waals surface area contributed by atoms with Crippen LogP contribution in [0.2, 0.25) is 5.02 Å². The molecule has 2 aromatic heterocycles. The molecule has 0 saturated carbocycles. The quantitative estimate of drug-likeness (QED) is 0.283. The molecule has 1 N–H and O–H groups in total. The summed E-state index contributed by atoms with van der Waals surface area (Å²) >= 11 is 7.46. The molecule has 188 valence electrons. The van der Waals surface area contributed by atoms with Crippen molar-refractivity contribution in [1.29, 1.82) is 0 Å². The molecule has 2 aromatic carbocycles. The van der Waals surface area contributed by atoms with Gasteiger partial charge in [-0.25, -0.2) is 0 Å². The molecule has 0 aliphatic heterocycles. The number of benzene rings is 2. The van der Waals surface area contributed by atoms with E-state index in [0.29, 0.717) is 27.3 Å². The molecule has 1 unspecified atom stereocenters. The molecule has 2 heterocycles. The van der Waals surface area contributed by atoms with Crippen molar-refractivity contribution in [3.63, 3.8) is 0 Å². The van der Waals surface area contributed by atoms with Crippen LogP contribution in [0.25, 0.3) is 5.69 Å². The first-order valence-electron chi connectivity index (χ1n) is 11.0. The summed E-state index contributed by atoms with van der Waals surface area (Å²) in [7, 11) is 1.88. The number of nitrogens with zero attached hydrogens (tertiary/aromatic N) is 4.